The average Bonchev–Trinajstić information content (AvgIpc) is 3.20. The van der Waals surface area contributed by atoms with E-state index in [1.807, 2.05) is 12.1 Å². The molecule has 3 rings (SSSR count). The highest BCUT2D eigenvalue weighted by Gasteiger charge is 2.18. The van der Waals surface area contributed by atoms with Crippen LogP contribution in [0.25, 0.3) is 0 Å². The molecule has 1 aliphatic carbocycles. The van der Waals surface area contributed by atoms with Gasteiger partial charge in [-0.2, -0.15) is 5.26 Å². The van der Waals surface area contributed by atoms with Gasteiger partial charge in [0.1, 0.15) is 16.8 Å². The summed E-state index contributed by atoms with van der Waals surface area (Å²) in [6, 6.07) is 6.32. The molecule has 0 spiro atoms. The van der Waals surface area contributed by atoms with Gasteiger partial charge in [-0.15, -0.1) is 11.3 Å². The Morgan fingerprint density at radius 2 is 1.75 bits per heavy atom. The number of nitrogens with zero attached hydrogens (tertiary/aromatic N) is 1. The van der Waals surface area contributed by atoms with Gasteiger partial charge in [0.15, 0.2) is 0 Å². The number of thiophene rings is 1. The van der Waals surface area contributed by atoms with Crippen LogP contribution < -0.4 is 5.32 Å². The minimum Gasteiger partial charge on any atom is -0.467 e. The van der Waals surface area contributed by atoms with Gasteiger partial charge in [0, 0.05) is 4.88 Å². The van der Waals surface area contributed by atoms with Gasteiger partial charge in [0.25, 0.3) is 0 Å². The molecule has 128 valence electrons. The highest BCUT2D eigenvalue weighted by Crippen LogP contribution is 2.36. The second-order valence-corrected chi connectivity index (χ2v) is 7.69. The van der Waals surface area contributed by atoms with Crippen LogP contribution in [0.1, 0.15) is 73.1 Å². The molecule has 2 heterocycles. The molecule has 0 amide bonds. The van der Waals surface area contributed by atoms with E-state index in [1.54, 1.807) is 17.6 Å². The van der Waals surface area contributed by atoms with E-state index in [0.29, 0.717) is 6.54 Å². The van der Waals surface area contributed by atoms with Crippen molar-refractivity contribution >= 4 is 16.3 Å². The standard InChI is InChI=1S/C20H26N2OS/c21-14-18-17-11-7-5-3-1-2-4-6-8-12-19(17)24-20(18)22-15-16-10-9-13-23-16/h9-10,13,22H,1-8,11-12,15H2. The van der Waals surface area contributed by atoms with Gasteiger partial charge in [0.2, 0.25) is 0 Å². The SMILES string of the molecule is N#Cc1c(NCc2ccco2)sc2c1CCCCCCCCCC2. The maximum absolute atomic E-state index is 9.70. The van der Waals surface area contributed by atoms with E-state index >= 15 is 0 Å². The lowest BCUT2D eigenvalue weighted by atomic mass is 9.98. The molecule has 0 aromatic carbocycles. The Morgan fingerprint density at radius 3 is 2.42 bits per heavy atom. The minimum absolute atomic E-state index is 0.640. The maximum atomic E-state index is 9.70. The van der Waals surface area contributed by atoms with E-state index in [4.69, 9.17) is 4.42 Å². The lowest BCUT2D eigenvalue weighted by Crippen LogP contribution is -1.99. The number of hydrogen-bond acceptors (Lipinski definition) is 4. The number of nitrogens with one attached hydrogen (secondary N) is 1. The Labute approximate surface area is 148 Å². The molecule has 3 nitrogen and oxygen atoms in total. The summed E-state index contributed by atoms with van der Waals surface area (Å²) in [6.07, 6.45) is 14.4. The molecule has 0 saturated heterocycles. The van der Waals surface area contributed by atoms with E-state index in [1.165, 1.54) is 61.8 Å². The van der Waals surface area contributed by atoms with E-state index in [9.17, 15) is 5.26 Å². The summed E-state index contributed by atoms with van der Waals surface area (Å²) in [5.41, 5.74) is 2.18. The molecule has 1 N–H and O–H groups in total. The van der Waals surface area contributed by atoms with Gasteiger partial charge < -0.3 is 9.73 Å². The first-order valence-corrected chi connectivity index (χ1v) is 10.0. The number of anilines is 1. The number of nitriles is 1. The molecule has 0 bridgehead atoms. The van der Waals surface area contributed by atoms with Crippen LogP contribution in [0.15, 0.2) is 22.8 Å². The van der Waals surface area contributed by atoms with Crippen molar-refractivity contribution in [1.82, 2.24) is 0 Å². The van der Waals surface area contributed by atoms with Crippen molar-refractivity contribution in [2.24, 2.45) is 0 Å². The van der Waals surface area contributed by atoms with E-state index in [0.717, 1.165) is 29.2 Å². The van der Waals surface area contributed by atoms with Gasteiger partial charge in [0.05, 0.1) is 18.4 Å². The van der Waals surface area contributed by atoms with Crippen LogP contribution in [0.4, 0.5) is 5.00 Å². The van der Waals surface area contributed by atoms with Crippen molar-refractivity contribution in [1.29, 1.82) is 5.26 Å². The Balaban J connectivity index is 1.77. The van der Waals surface area contributed by atoms with Crippen LogP contribution >= 0.6 is 11.3 Å². The Hall–Kier alpha value is -1.73. The normalized spacial score (nSPS) is 16.5. The number of aryl methyl sites for hydroxylation is 1. The predicted molar refractivity (Wildman–Crippen MR) is 99.4 cm³/mol. The van der Waals surface area contributed by atoms with Crippen molar-refractivity contribution in [3.05, 3.63) is 40.2 Å². The van der Waals surface area contributed by atoms with Gasteiger partial charge in [-0.1, -0.05) is 38.5 Å². The molecular formula is C20H26N2OS. The summed E-state index contributed by atoms with van der Waals surface area (Å²) in [4.78, 5) is 1.43. The van der Waals surface area contributed by atoms with Crippen molar-refractivity contribution in [3.8, 4) is 6.07 Å². The van der Waals surface area contributed by atoms with Gasteiger partial charge >= 0.3 is 0 Å². The largest absolute Gasteiger partial charge is 0.467 e. The summed E-state index contributed by atoms with van der Waals surface area (Å²) in [6.45, 7) is 0.640. The van der Waals surface area contributed by atoms with Crippen molar-refractivity contribution < 1.29 is 4.42 Å². The van der Waals surface area contributed by atoms with Crippen molar-refractivity contribution in [2.75, 3.05) is 5.32 Å². The summed E-state index contributed by atoms with van der Waals surface area (Å²) in [7, 11) is 0. The first-order valence-electron chi connectivity index (χ1n) is 9.19. The first kappa shape index (κ1) is 17.1. The van der Waals surface area contributed by atoms with Crippen LogP contribution in [-0.4, -0.2) is 0 Å². The van der Waals surface area contributed by atoms with Crippen molar-refractivity contribution in [2.45, 2.75) is 70.8 Å². The van der Waals surface area contributed by atoms with E-state index in [2.05, 4.69) is 11.4 Å². The topological polar surface area (TPSA) is 49.0 Å². The maximum Gasteiger partial charge on any atom is 0.122 e. The molecule has 0 radical (unpaired) electrons. The molecule has 0 aliphatic heterocycles. The molecule has 4 heteroatoms. The highest BCUT2D eigenvalue weighted by atomic mass is 32.1. The third kappa shape index (κ3) is 4.42. The zero-order chi connectivity index (χ0) is 16.6. The third-order valence-electron chi connectivity index (χ3n) is 4.79. The van der Waals surface area contributed by atoms with Crippen LogP contribution in [-0.2, 0) is 19.4 Å². The summed E-state index contributed by atoms with van der Waals surface area (Å²) >= 11 is 1.78. The quantitative estimate of drug-likeness (QED) is 0.739. The Morgan fingerprint density at radius 1 is 1.04 bits per heavy atom. The molecule has 0 saturated carbocycles. The molecule has 24 heavy (non-hydrogen) atoms. The average molecular weight is 343 g/mol. The predicted octanol–water partition coefficient (Wildman–Crippen LogP) is 6.04. The van der Waals surface area contributed by atoms with Gasteiger partial charge in [-0.25, -0.2) is 0 Å². The fourth-order valence-electron chi connectivity index (χ4n) is 3.45. The molecule has 0 atom stereocenters. The summed E-state index contributed by atoms with van der Waals surface area (Å²) < 4.78 is 5.39. The second-order valence-electron chi connectivity index (χ2n) is 6.58. The lowest BCUT2D eigenvalue weighted by Gasteiger charge is -2.08. The molecule has 2 aromatic heterocycles. The number of fused-ring (bicyclic) bond motifs is 1. The Bertz CT molecular complexity index is 667. The summed E-state index contributed by atoms with van der Waals surface area (Å²) in [5.74, 6) is 0.904. The molecule has 1 aliphatic rings. The number of rotatable bonds is 3. The monoisotopic (exact) mass is 342 g/mol. The minimum atomic E-state index is 0.640. The van der Waals surface area contributed by atoms with Crippen LogP contribution in [0.5, 0.6) is 0 Å². The van der Waals surface area contributed by atoms with E-state index in [-0.39, 0.29) is 0 Å². The third-order valence-corrected chi connectivity index (χ3v) is 6.04. The van der Waals surface area contributed by atoms with Gasteiger partial charge in [-0.05, 0) is 43.4 Å². The molecule has 2 aromatic rings. The van der Waals surface area contributed by atoms with Crippen LogP contribution in [0, 0.1) is 11.3 Å². The number of hydrogen-bond donors (Lipinski definition) is 1. The number of furan rings is 1. The van der Waals surface area contributed by atoms with Gasteiger partial charge in [-0.3, -0.25) is 0 Å². The fraction of sp³-hybridized carbons (Fsp3) is 0.550. The smallest absolute Gasteiger partial charge is 0.122 e. The molecule has 0 fully saturated rings. The highest BCUT2D eigenvalue weighted by molar-refractivity contribution is 7.16. The molecule has 0 unspecified atom stereocenters. The molecular weight excluding hydrogens is 316 g/mol. The van der Waals surface area contributed by atoms with Crippen LogP contribution in [0.2, 0.25) is 0 Å². The Kier molecular flexibility index (Phi) is 6.37. The zero-order valence-corrected chi connectivity index (χ0v) is 15.1. The van der Waals surface area contributed by atoms with Crippen molar-refractivity contribution in [3.63, 3.8) is 0 Å². The lowest BCUT2D eigenvalue weighted by molar-refractivity contribution is 0.518. The van der Waals surface area contributed by atoms with E-state index < -0.39 is 0 Å². The van der Waals surface area contributed by atoms with Crippen LogP contribution in [0.3, 0.4) is 0 Å². The second kappa shape index (κ2) is 8.94. The summed E-state index contributed by atoms with van der Waals surface area (Å²) in [5, 5.41) is 14.1. The first-order chi connectivity index (χ1) is 11.9. The zero-order valence-electron chi connectivity index (χ0n) is 14.3. The fourth-order valence-corrected chi connectivity index (χ4v) is 4.69.